The van der Waals surface area contributed by atoms with Crippen LogP contribution in [0.1, 0.15) is 52.5 Å². The molecule has 0 radical (unpaired) electrons. The third-order valence-corrected chi connectivity index (χ3v) is 4.48. The monoisotopic (exact) mass is 346 g/mol. The molecule has 2 amide bonds. The van der Waals surface area contributed by atoms with Gasteiger partial charge in [0.2, 0.25) is 11.7 Å². The second-order valence-electron chi connectivity index (χ2n) is 6.24. The van der Waals surface area contributed by atoms with Crippen molar-refractivity contribution in [2.45, 2.75) is 52.1 Å². The van der Waals surface area contributed by atoms with Crippen LogP contribution in [0.5, 0.6) is 5.75 Å². The molecular weight excluding hydrogens is 320 g/mol. The number of ether oxygens (including phenoxy) is 1. The standard InChI is InChI=1S/C18H26N4O3/c1-6-18(4,7-2)21-17(23)19-12(3)16-20-15(22-25-16)13-10-8-9-11-14(13)24-5/h8-12H,6-7H2,1-5H3,(H2,19,21,23)/t12-/m0/s1. The first-order valence-corrected chi connectivity index (χ1v) is 8.48. The van der Waals surface area contributed by atoms with E-state index in [1.165, 1.54) is 0 Å². The van der Waals surface area contributed by atoms with Gasteiger partial charge in [0.05, 0.1) is 12.7 Å². The lowest BCUT2D eigenvalue weighted by Crippen LogP contribution is -2.50. The van der Waals surface area contributed by atoms with Crippen molar-refractivity contribution >= 4 is 6.03 Å². The minimum atomic E-state index is -0.408. The minimum Gasteiger partial charge on any atom is -0.496 e. The molecule has 2 N–H and O–H groups in total. The average molecular weight is 346 g/mol. The van der Waals surface area contributed by atoms with E-state index in [-0.39, 0.29) is 11.6 Å². The molecule has 0 fully saturated rings. The molecule has 7 heteroatoms. The largest absolute Gasteiger partial charge is 0.496 e. The highest BCUT2D eigenvalue weighted by molar-refractivity contribution is 5.75. The van der Waals surface area contributed by atoms with Gasteiger partial charge in [0.15, 0.2) is 0 Å². The van der Waals surface area contributed by atoms with Gasteiger partial charge in [-0.05, 0) is 38.8 Å². The lowest BCUT2D eigenvalue weighted by Gasteiger charge is -2.28. The van der Waals surface area contributed by atoms with E-state index >= 15 is 0 Å². The van der Waals surface area contributed by atoms with Gasteiger partial charge in [0.25, 0.3) is 0 Å². The van der Waals surface area contributed by atoms with Gasteiger partial charge >= 0.3 is 6.03 Å². The molecule has 0 spiro atoms. The zero-order valence-corrected chi connectivity index (χ0v) is 15.4. The lowest BCUT2D eigenvalue weighted by atomic mass is 9.96. The van der Waals surface area contributed by atoms with Crippen LogP contribution in [0, 0.1) is 0 Å². The van der Waals surface area contributed by atoms with Crippen molar-refractivity contribution < 1.29 is 14.1 Å². The number of nitrogens with one attached hydrogen (secondary N) is 2. The summed E-state index contributed by atoms with van der Waals surface area (Å²) in [6.45, 7) is 7.91. The molecule has 2 aromatic rings. The zero-order valence-electron chi connectivity index (χ0n) is 15.4. The Labute approximate surface area is 148 Å². The first kappa shape index (κ1) is 18.8. The Morgan fingerprint density at radius 1 is 1.32 bits per heavy atom. The Hall–Kier alpha value is -2.57. The number of aromatic nitrogens is 2. The SMILES string of the molecule is CCC(C)(CC)NC(=O)N[C@@H](C)c1nc(-c2ccccc2OC)no1. The highest BCUT2D eigenvalue weighted by Gasteiger charge is 2.24. The van der Waals surface area contributed by atoms with Gasteiger partial charge in [-0.15, -0.1) is 0 Å². The zero-order chi connectivity index (χ0) is 18.4. The van der Waals surface area contributed by atoms with E-state index in [1.54, 1.807) is 14.0 Å². The fourth-order valence-corrected chi connectivity index (χ4v) is 2.35. The van der Waals surface area contributed by atoms with E-state index in [1.807, 2.05) is 45.0 Å². The number of hydrogen-bond donors (Lipinski definition) is 2. The summed E-state index contributed by atoms with van der Waals surface area (Å²) in [7, 11) is 1.59. The topological polar surface area (TPSA) is 89.3 Å². The van der Waals surface area contributed by atoms with Gasteiger partial charge in [0.1, 0.15) is 11.8 Å². The van der Waals surface area contributed by atoms with Gasteiger partial charge in [-0.1, -0.05) is 31.1 Å². The molecule has 0 saturated heterocycles. The molecule has 0 aliphatic rings. The molecule has 2 rings (SSSR count). The predicted octanol–water partition coefficient (Wildman–Crippen LogP) is 3.68. The molecule has 1 aromatic carbocycles. The van der Waals surface area contributed by atoms with Crippen LogP contribution in [0.15, 0.2) is 28.8 Å². The highest BCUT2D eigenvalue weighted by atomic mass is 16.5. The quantitative estimate of drug-likeness (QED) is 0.798. The summed E-state index contributed by atoms with van der Waals surface area (Å²) in [4.78, 5) is 16.6. The number of amides is 2. The number of rotatable bonds is 7. The minimum absolute atomic E-state index is 0.235. The number of para-hydroxylation sites is 1. The molecule has 0 saturated carbocycles. The van der Waals surface area contributed by atoms with Crippen molar-refractivity contribution in [3.8, 4) is 17.1 Å². The summed E-state index contributed by atoms with van der Waals surface area (Å²) in [5, 5.41) is 9.82. The maximum Gasteiger partial charge on any atom is 0.315 e. The van der Waals surface area contributed by atoms with Crippen LogP contribution in [0.4, 0.5) is 4.79 Å². The van der Waals surface area contributed by atoms with Crippen LogP contribution >= 0.6 is 0 Å². The second kappa shape index (κ2) is 8.00. The maximum absolute atomic E-state index is 12.2. The molecule has 0 aliphatic carbocycles. The van der Waals surface area contributed by atoms with Crippen LogP contribution in [0.3, 0.4) is 0 Å². The fraction of sp³-hybridized carbons (Fsp3) is 0.500. The average Bonchev–Trinajstić information content (AvgIpc) is 3.11. The van der Waals surface area contributed by atoms with Crippen molar-refractivity contribution in [3.63, 3.8) is 0 Å². The first-order chi connectivity index (χ1) is 11.9. The number of nitrogens with zero attached hydrogens (tertiary/aromatic N) is 2. The smallest absolute Gasteiger partial charge is 0.315 e. The van der Waals surface area contributed by atoms with Gasteiger partial charge in [-0.2, -0.15) is 4.98 Å². The third kappa shape index (κ3) is 4.49. The number of urea groups is 1. The number of benzene rings is 1. The van der Waals surface area contributed by atoms with E-state index in [2.05, 4.69) is 20.8 Å². The molecule has 1 atom stereocenters. The molecular formula is C18H26N4O3. The number of hydrogen-bond acceptors (Lipinski definition) is 5. The van der Waals surface area contributed by atoms with E-state index in [9.17, 15) is 4.79 Å². The number of carbonyl (C=O) groups excluding carboxylic acids is 1. The van der Waals surface area contributed by atoms with Crippen molar-refractivity contribution in [1.82, 2.24) is 20.8 Å². The third-order valence-electron chi connectivity index (χ3n) is 4.48. The Bertz CT molecular complexity index is 710. The van der Waals surface area contributed by atoms with E-state index in [4.69, 9.17) is 9.26 Å². The lowest BCUT2D eigenvalue weighted by molar-refractivity contribution is 0.218. The molecule has 25 heavy (non-hydrogen) atoms. The Morgan fingerprint density at radius 2 is 2.00 bits per heavy atom. The van der Waals surface area contributed by atoms with Crippen molar-refractivity contribution in [3.05, 3.63) is 30.2 Å². The van der Waals surface area contributed by atoms with E-state index in [0.717, 1.165) is 18.4 Å². The highest BCUT2D eigenvalue weighted by Crippen LogP contribution is 2.28. The fourth-order valence-electron chi connectivity index (χ4n) is 2.35. The van der Waals surface area contributed by atoms with Gasteiger partial charge in [0, 0.05) is 5.54 Å². The summed E-state index contributed by atoms with van der Waals surface area (Å²) in [5.41, 5.74) is 0.502. The maximum atomic E-state index is 12.2. The predicted molar refractivity (Wildman–Crippen MR) is 95.4 cm³/mol. The van der Waals surface area contributed by atoms with Gasteiger partial charge in [-0.3, -0.25) is 0 Å². The molecule has 1 heterocycles. The summed E-state index contributed by atoms with van der Waals surface area (Å²) >= 11 is 0. The summed E-state index contributed by atoms with van der Waals surface area (Å²) in [5.74, 6) is 1.43. The van der Waals surface area contributed by atoms with Crippen LogP contribution in [-0.2, 0) is 0 Å². The Balaban J connectivity index is 2.08. The molecule has 0 unspecified atom stereocenters. The van der Waals surface area contributed by atoms with Crippen molar-refractivity contribution in [2.24, 2.45) is 0 Å². The Kier molecular flexibility index (Phi) is 6.01. The summed E-state index contributed by atoms with van der Waals surface area (Å²) in [6, 6.07) is 6.77. The first-order valence-electron chi connectivity index (χ1n) is 8.48. The molecule has 7 nitrogen and oxygen atoms in total. The van der Waals surface area contributed by atoms with Crippen LogP contribution < -0.4 is 15.4 Å². The van der Waals surface area contributed by atoms with Gasteiger partial charge in [-0.25, -0.2) is 4.79 Å². The van der Waals surface area contributed by atoms with Crippen molar-refractivity contribution in [2.75, 3.05) is 7.11 Å². The number of carbonyl (C=O) groups is 1. The van der Waals surface area contributed by atoms with Crippen molar-refractivity contribution in [1.29, 1.82) is 0 Å². The summed E-state index contributed by atoms with van der Waals surface area (Å²) in [6.07, 6.45) is 1.70. The Morgan fingerprint density at radius 3 is 2.64 bits per heavy atom. The molecule has 136 valence electrons. The molecule has 0 aliphatic heterocycles. The van der Waals surface area contributed by atoms with Crippen LogP contribution in [-0.4, -0.2) is 28.8 Å². The molecule has 1 aromatic heterocycles. The normalized spacial score (nSPS) is 12.5. The van der Waals surface area contributed by atoms with Gasteiger partial charge < -0.3 is 19.9 Å². The van der Waals surface area contributed by atoms with E-state index in [0.29, 0.717) is 17.5 Å². The van der Waals surface area contributed by atoms with Crippen LogP contribution in [0.25, 0.3) is 11.4 Å². The second-order valence-corrected chi connectivity index (χ2v) is 6.24. The number of methoxy groups -OCH3 is 1. The van der Waals surface area contributed by atoms with E-state index < -0.39 is 6.04 Å². The summed E-state index contributed by atoms with van der Waals surface area (Å²) < 4.78 is 10.6. The van der Waals surface area contributed by atoms with Crippen LogP contribution in [0.2, 0.25) is 0 Å². The molecule has 0 bridgehead atoms.